The second-order valence-electron chi connectivity index (χ2n) is 8.17. The van der Waals surface area contributed by atoms with Gasteiger partial charge in [-0.05, 0) is 55.4 Å². The van der Waals surface area contributed by atoms with Crippen molar-refractivity contribution >= 4 is 15.9 Å². The zero-order chi connectivity index (χ0) is 18.7. The lowest BCUT2D eigenvalue weighted by Crippen LogP contribution is -2.43. The minimum absolute atomic E-state index is 0.0302. The maximum atomic E-state index is 12.4. The molecule has 26 heavy (non-hydrogen) atoms. The minimum Gasteiger partial charge on any atom is -0.348 e. The van der Waals surface area contributed by atoms with Gasteiger partial charge >= 0.3 is 0 Å². The van der Waals surface area contributed by atoms with Gasteiger partial charge in [0, 0.05) is 6.04 Å². The summed E-state index contributed by atoms with van der Waals surface area (Å²) in [7, 11) is -3.61. The molecule has 0 aliphatic heterocycles. The van der Waals surface area contributed by atoms with E-state index in [0.717, 1.165) is 37.7 Å². The topological polar surface area (TPSA) is 75.3 Å². The van der Waals surface area contributed by atoms with Gasteiger partial charge in [-0.1, -0.05) is 44.2 Å². The van der Waals surface area contributed by atoms with Crippen molar-refractivity contribution in [3.05, 3.63) is 35.9 Å². The molecule has 5 nitrogen and oxygen atoms in total. The number of benzene rings is 1. The molecule has 144 valence electrons. The average Bonchev–Trinajstić information content (AvgIpc) is 3.31. The summed E-state index contributed by atoms with van der Waals surface area (Å²) in [4.78, 5) is 12.4. The van der Waals surface area contributed by atoms with Crippen molar-refractivity contribution in [2.45, 2.75) is 58.0 Å². The maximum absolute atomic E-state index is 12.4. The van der Waals surface area contributed by atoms with E-state index >= 15 is 0 Å². The molecule has 3 atom stereocenters. The van der Waals surface area contributed by atoms with Crippen LogP contribution in [0.15, 0.2) is 30.3 Å². The zero-order valence-electron chi connectivity index (χ0n) is 15.6. The maximum Gasteiger partial charge on any atom is 0.237 e. The Hall–Kier alpha value is -1.40. The summed E-state index contributed by atoms with van der Waals surface area (Å²) in [6, 6.07) is 9.69. The Morgan fingerprint density at radius 1 is 1.12 bits per heavy atom. The van der Waals surface area contributed by atoms with E-state index in [1.807, 2.05) is 30.3 Å². The Labute approximate surface area is 157 Å². The lowest BCUT2D eigenvalue weighted by atomic mass is 9.88. The molecule has 0 radical (unpaired) electrons. The molecular formula is C20H30N2O3S. The molecule has 0 heterocycles. The molecule has 2 N–H and O–H groups in total. The first-order valence-electron chi connectivity index (χ1n) is 9.68. The summed E-state index contributed by atoms with van der Waals surface area (Å²) >= 11 is 0. The fraction of sp³-hybridized carbons (Fsp3) is 0.650. The smallest absolute Gasteiger partial charge is 0.237 e. The highest BCUT2D eigenvalue weighted by molar-refractivity contribution is 7.90. The molecule has 2 fully saturated rings. The molecule has 2 saturated carbocycles. The van der Waals surface area contributed by atoms with Crippen LogP contribution >= 0.6 is 0 Å². The van der Waals surface area contributed by atoms with Gasteiger partial charge in [0.1, 0.15) is 5.75 Å². The van der Waals surface area contributed by atoms with Crippen LogP contribution in [0.5, 0.6) is 0 Å². The van der Waals surface area contributed by atoms with E-state index < -0.39 is 21.7 Å². The van der Waals surface area contributed by atoms with E-state index in [-0.39, 0.29) is 12.1 Å². The van der Waals surface area contributed by atoms with Gasteiger partial charge in [0.15, 0.2) is 0 Å². The number of nitrogens with one attached hydrogen (secondary N) is 2. The monoisotopic (exact) mass is 378 g/mol. The number of carbonyl (C=O) groups is 1. The number of sulfonamides is 1. The van der Waals surface area contributed by atoms with Crippen LogP contribution in [-0.4, -0.2) is 26.1 Å². The van der Waals surface area contributed by atoms with Crippen molar-refractivity contribution in [2.24, 2.45) is 17.8 Å². The van der Waals surface area contributed by atoms with Gasteiger partial charge in [0.2, 0.25) is 15.9 Å². The van der Waals surface area contributed by atoms with Crippen LogP contribution in [0, 0.1) is 17.8 Å². The molecule has 1 amide bonds. The summed E-state index contributed by atoms with van der Waals surface area (Å²) in [5, 5.41) is 2.97. The van der Waals surface area contributed by atoms with Crippen molar-refractivity contribution < 1.29 is 13.2 Å². The number of hydrogen-bond acceptors (Lipinski definition) is 3. The van der Waals surface area contributed by atoms with Crippen LogP contribution in [0.2, 0.25) is 0 Å². The fourth-order valence-electron chi connectivity index (χ4n) is 3.97. The van der Waals surface area contributed by atoms with E-state index in [4.69, 9.17) is 0 Å². The highest BCUT2D eigenvalue weighted by Gasteiger charge is 2.41. The second kappa shape index (κ2) is 8.09. The molecule has 6 heteroatoms. The predicted octanol–water partition coefficient (Wildman–Crippen LogP) is 3.00. The highest BCUT2D eigenvalue weighted by atomic mass is 32.2. The summed E-state index contributed by atoms with van der Waals surface area (Å²) < 4.78 is 27.5. The third-order valence-corrected chi connectivity index (χ3v) is 7.09. The molecule has 1 aromatic carbocycles. The van der Waals surface area contributed by atoms with E-state index in [9.17, 15) is 13.2 Å². The van der Waals surface area contributed by atoms with Gasteiger partial charge in [0.25, 0.3) is 0 Å². The first kappa shape index (κ1) is 19.4. The molecular weight excluding hydrogens is 348 g/mol. The zero-order valence-corrected chi connectivity index (χ0v) is 16.5. The molecule has 0 saturated heterocycles. The van der Waals surface area contributed by atoms with Gasteiger partial charge in [0.05, 0.1) is 6.04 Å². The normalized spacial score (nSPS) is 29.8. The van der Waals surface area contributed by atoms with Gasteiger partial charge < -0.3 is 5.32 Å². The van der Waals surface area contributed by atoms with E-state index in [0.29, 0.717) is 17.8 Å². The van der Waals surface area contributed by atoms with Gasteiger partial charge in [-0.15, -0.1) is 0 Å². The first-order chi connectivity index (χ1) is 12.3. The van der Waals surface area contributed by atoms with Crippen LogP contribution in [-0.2, 0) is 14.8 Å². The summed E-state index contributed by atoms with van der Waals surface area (Å²) in [6.45, 7) is 4.36. The standard InChI is InChI=1S/C20H30N2O3S/c1-14-8-10-17(11-9-14)22-26(24,25)13-19(23)21-20(18-12-15(18)2)16-6-4-3-5-7-16/h3-7,14-15,17-18,20,22H,8-13H2,1-2H3,(H,21,23). The van der Waals surface area contributed by atoms with Gasteiger partial charge in [-0.3, -0.25) is 4.79 Å². The van der Waals surface area contributed by atoms with Crippen molar-refractivity contribution in [3.63, 3.8) is 0 Å². The first-order valence-corrected chi connectivity index (χ1v) is 11.3. The molecule has 3 unspecified atom stereocenters. The number of hydrogen-bond donors (Lipinski definition) is 2. The largest absolute Gasteiger partial charge is 0.348 e. The Balaban J connectivity index is 1.57. The quantitative estimate of drug-likeness (QED) is 0.766. The molecule has 0 aromatic heterocycles. The fourth-order valence-corrected chi connectivity index (χ4v) is 5.23. The summed E-state index contributed by atoms with van der Waals surface area (Å²) in [5.74, 6) is 0.681. The lowest BCUT2D eigenvalue weighted by molar-refractivity contribution is -0.119. The summed E-state index contributed by atoms with van der Waals surface area (Å²) in [6.07, 6.45) is 4.84. The van der Waals surface area contributed by atoms with E-state index in [1.54, 1.807) is 0 Å². The molecule has 2 aliphatic rings. The molecule has 2 aliphatic carbocycles. The van der Waals surface area contributed by atoms with Crippen molar-refractivity contribution in [3.8, 4) is 0 Å². The molecule has 3 rings (SSSR count). The van der Waals surface area contributed by atoms with Crippen LogP contribution in [0.4, 0.5) is 0 Å². The average molecular weight is 379 g/mol. The highest BCUT2D eigenvalue weighted by Crippen LogP contribution is 2.46. The Kier molecular flexibility index (Phi) is 6.03. The van der Waals surface area contributed by atoms with Gasteiger partial charge in [-0.2, -0.15) is 0 Å². The van der Waals surface area contributed by atoms with Crippen LogP contribution < -0.4 is 10.0 Å². The SMILES string of the molecule is CC1CCC(NS(=O)(=O)CC(=O)NC(c2ccccc2)C2CC2C)CC1. The molecule has 0 spiro atoms. The van der Waals surface area contributed by atoms with E-state index in [1.165, 1.54) is 0 Å². The van der Waals surface area contributed by atoms with Crippen molar-refractivity contribution in [1.82, 2.24) is 10.0 Å². The lowest BCUT2D eigenvalue weighted by Gasteiger charge is -2.26. The minimum atomic E-state index is -3.61. The van der Waals surface area contributed by atoms with Crippen LogP contribution in [0.25, 0.3) is 0 Å². The van der Waals surface area contributed by atoms with Gasteiger partial charge in [-0.25, -0.2) is 13.1 Å². The Morgan fingerprint density at radius 2 is 1.73 bits per heavy atom. The number of rotatable bonds is 7. The summed E-state index contributed by atoms with van der Waals surface area (Å²) in [5.41, 5.74) is 1.04. The second-order valence-corrected chi connectivity index (χ2v) is 9.92. The van der Waals surface area contributed by atoms with Crippen LogP contribution in [0.1, 0.15) is 57.6 Å². The molecule has 0 bridgehead atoms. The third-order valence-electron chi connectivity index (χ3n) is 5.76. The predicted molar refractivity (Wildman–Crippen MR) is 103 cm³/mol. The van der Waals surface area contributed by atoms with Crippen molar-refractivity contribution in [2.75, 3.05) is 5.75 Å². The number of carbonyl (C=O) groups excluding carboxylic acids is 1. The molecule has 1 aromatic rings. The Bertz CT molecular complexity index is 712. The van der Waals surface area contributed by atoms with Crippen LogP contribution in [0.3, 0.4) is 0 Å². The Morgan fingerprint density at radius 3 is 2.31 bits per heavy atom. The van der Waals surface area contributed by atoms with Crippen molar-refractivity contribution in [1.29, 1.82) is 0 Å². The third kappa shape index (κ3) is 5.30. The van der Waals surface area contributed by atoms with E-state index in [2.05, 4.69) is 23.9 Å². The number of amides is 1.